The zero-order chi connectivity index (χ0) is 15.5. The Morgan fingerprint density at radius 2 is 1.95 bits per heavy atom. The van der Waals surface area contributed by atoms with E-state index >= 15 is 0 Å². The van der Waals surface area contributed by atoms with Gasteiger partial charge >= 0.3 is 5.97 Å². The molecule has 1 aliphatic rings. The lowest BCUT2D eigenvalue weighted by atomic mass is 9.79. The second-order valence-corrected chi connectivity index (χ2v) is 6.45. The highest BCUT2D eigenvalue weighted by atomic mass is 79.9. The standard InChI is InChI=1S/C15H17BrFNO3/c16-10-4-3-5-11(17)14(10)18-12(19)8-15(9-13(20)21)6-1-2-7-15/h3-5H,1-2,6-9H2,(H,18,19)(H,20,21). The molecule has 2 rings (SSSR count). The summed E-state index contributed by atoms with van der Waals surface area (Å²) in [6.07, 6.45) is 3.42. The van der Waals surface area contributed by atoms with Gasteiger partial charge in [-0.15, -0.1) is 0 Å². The zero-order valence-electron chi connectivity index (χ0n) is 11.5. The van der Waals surface area contributed by atoms with Gasteiger partial charge in [-0.25, -0.2) is 4.39 Å². The predicted octanol–water partition coefficient (Wildman–Crippen LogP) is 3.95. The smallest absolute Gasteiger partial charge is 0.303 e. The Labute approximate surface area is 130 Å². The number of halogens is 2. The van der Waals surface area contributed by atoms with Gasteiger partial charge in [-0.05, 0) is 46.3 Å². The average Bonchev–Trinajstić information content (AvgIpc) is 2.81. The molecule has 6 heteroatoms. The van der Waals surface area contributed by atoms with Crippen LogP contribution >= 0.6 is 15.9 Å². The first kappa shape index (κ1) is 15.9. The number of carboxylic acids is 1. The van der Waals surface area contributed by atoms with E-state index in [0.29, 0.717) is 4.47 Å². The van der Waals surface area contributed by atoms with E-state index in [0.717, 1.165) is 25.7 Å². The van der Waals surface area contributed by atoms with E-state index in [-0.39, 0.29) is 24.4 Å². The Kier molecular flexibility index (Phi) is 4.98. The van der Waals surface area contributed by atoms with E-state index in [1.807, 2.05) is 0 Å². The van der Waals surface area contributed by atoms with E-state index in [4.69, 9.17) is 5.11 Å². The highest BCUT2D eigenvalue weighted by molar-refractivity contribution is 9.10. The Bertz CT molecular complexity index is 536. The van der Waals surface area contributed by atoms with Crippen LogP contribution in [0.15, 0.2) is 22.7 Å². The van der Waals surface area contributed by atoms with Crippen molar-refractivity contribution in [1.82, 2.24) is 0 Å². The number of amides is 1. The molecule has 0 unspecified atom stereocenters. The van der Waals surface area contributed by atoms with Crippen LogP contribution in [-0.4, -0.2) is 17.0 Å². The Morgan fingerprint density at radius 1 is 1.29 bits per heavy atom. The molecular formula is C15H17BrFNO3. The van der Waals surface area contributed by atoms with Crippen LogP contribution in [0, 0.1) is 11.2 Å². The van der Waals surface area contributed by atoms with Crippen molar-refractivity contribution in [3.05, 3.63) is 28.5 Å². The maximum absolute atomic E-state index is 13.7. The summed E-state index contributed by atoms with van der Waals surface area (Å²) < 4.78 is 14.2. The van der Waals surface area contributed by atoms with Crippen LogP contribution in [0.3, 0.4) is 0 Å². The van der Waals surface area contributed by atoms with E-state index in [2.05, 4.69) is 21.2 Å². The third-order valence-corrected chi connectivity index (χ3v) is 4.61. The first-order valence-electron chi connectivity index (χ1n) is 6.88. The Morgan fingerprint density at radius 3 is 2.52 bits per heavy atom. The first-order chi connectivity index (χ1) is 9.92. The molecule has 1 fully saturated rings. The van der Waals surface area contributed by atoms with Gasteiger partial charge in [0.2, 0.25) is 5.91 Å². The van der Waals surface area contributed by atoms with E-state index in [9.17, 15) is 14.0 Å². The molecule has 0 saturated heterocycles. The SMILES string of the molecule is O=C(O)CC1(CC(=O)Nc2c(F)cccc2Br)CCCC1. The molecule has 0 heterocycles. The Balaban J connectivity index is 2.08. The van der Waals surface area contributed by atoms with Gasteiger partial charge in [0, 0.05) is 10.9 Å². The van der Waals surface area contributed by atoms with Crippen LogP contribution in [-0.2, 0) is 9.59 Å². The lowest BCUT2D eigenvalue weighted by Crippen LogP contribution is -2.28. The van der Waals surface area contributed by atoms with Gasteiger partial charge in [0.15, 0.2) is 0 Å². The highest BCUT2D eigenvalue weighted by Gasteiger charge is 2.38. The molecule has 0 bridgehead atoms. The van der Waals surface area contributed by atoms with Crippen molar-refractivity contribution in [3.63, 3.8) is 0 Å². The molecule has 4 nitrogen and oxygen atoms in total. The van der Waals surface area contributed by atoms with E-state index < -0.39 is 17.2 Å². The van der Waals surface area contributed by atoms with E-state index in [1.165, 1.54) is 12.1 Å². The van der Waals surface area contributed by atoms with Gasteiger partial charge in [-0.1, -0.05) is 18.9 Å². The van der Waals surface area contributed by atoms with Gasteiger partial charge in [0.05, 0.1) is 12.1 Å². The number of hydrogen-bond donors (Lipinski definition) is 2. The van der Waals surface area contributed by atoms with Crippen molar-refractivity contribution >= 4 is 33.5 Å². The van der Waals surface area contributed by atoms with Gasteiger partial charge in [-0.3, -0.25) is 9.59 Å². The summed E-state index contributed by atoms with van der Waals surface area (Å²) in [5.74, 6) is -1.75. The maximum atomic E-state index is 13.7. The molecule has 1 aromatic carbocycles. The number of para-hydroxylation sites is 1. The van der Waals surface area contributed by atoms with Crippen LogP contribution in [0.1, 0.15) is 38.5 Å². The molecule has 0 aromatic heterocycles. The summed E-state index contributed by atoms with van der Waals surface area (Å²) in [7, 11) is 0. The van der Waals surface area contributed by atoms with E-state index in [1.54, 1.807) is 6.07 Å². The number of carboxylic acid groups (broad SMARTS) is 1. The quantitative estimate of drug-likeness (QED) is 0.838. The number of hydrogen-bond acceptors (Lipinski definition) is 2. The maximum Gasteiger partial charge on any atom is 0.303 e. The van der Waals surface area contributed by atoms with Crippen LogP contribution in [0.5, 0.6) is 0 Å². The summed E-state index contributed by atoms with van der Waals surface area (Å²) in [4.78, 5) is 23.2. The molecule has 0 spiro atoms. The minimum atomic E-state index is -0.892. The molecule has 0 radical (unpaired) electrons. The second-order valence-electron chi connectivity index (χ2n) is 5.60. The van der Waals surface area contributed by atoms with Gasteiger partial charge in [0.25, 0.3) is 0 Å². The molecule has 0 aliphatic heterocycles. The van der Waals surface area contributed by atoms with Crippen molar-refractivity contribution in [2.75, 3.05) is 5.32 Å². The molecule has 0 atom stereocenters. The molecule has 1 amide bonds. The normalized spacial score (nSPS) is 16.7. The third kappa shape index (κ3) is 4.03. The molecule has 1 saturated carbocycles. The molecule has 2 N–H and O–H groups in total. The number of aliphatic carboxylic acids is 1. The fraction of sp³-hybridized carbons (Fsp3) is 0.467. The molecular weight excluding hydrogens is 341 g/mol. The lowest BCUT2D eigenvalue weighted by molar-refractivity contribution is -0.140. The number of anilines is 1. The summed E-state index contributed by atoms with van der Waals surface area (Å²) >= 11 is 3.19. The van der Waals surface area contributed by atoms with Crippen molar-refractivity contribution in [2.45, 2.75) is 38.5 Å². The molecule has 1 aromatic rings. The number of carbonyl (C=O) groups is 2. The monoisotopic (exact) mass is 357 g/mol. The topological polar surface area (TPSA) is 66.4 Å². The van der Waals surface area contributed by atoms with Gasteiger partial charge in [-0.2, -0.15) is 0 Å². The minimum absolute atomic E-state index is 0.0150. The van der Waals surface area contributed by atoms with Crippen molar-refractivity contribution in [3.8, 4) is 0 Å². The predicted molar refractivity (Wildman–Crippen MR) is 80.5 cm³/mol. The number of carbonyl (C=O) groups excluding carboxylic acids is 1. The van der Waals surface area contributed by atoms with Crippen LogP contribution in [0.2, 0.25) is 0 Å². The fourth-order valence-electron chi connectivity index (χ4n) is 3.00. The number of rotatable bonds is 5. The number of benzene rings is 1. The Hall–Kier alpha value is -1.43. The largest absolute Gasteiger partial charge is 0.481 e. The average molecular weight is 358 g/mol. The summed E-state index contributed by atoms with van der Waals surface area (Å²) in [6.45, 7) is 0. The van der Waals surface area contributed by atoms with Crippen LogP contribution < -0.4 is 5.32 Å². The van der Waals surface area contributed by atoms with Crippen LogP contribution in [0.25, 0.3) is 0 Å². The minimum Gasteiger partial charge on any atom is -0.481 e. The zero-order valence-corrected chi connectivity index (χ0v) is 13.1. The third-order valence-electron chi connectivity index (χ3n) is 3.95. The van der Waals surface area contributed by atoms with Crippen LogP contribution in [0.4, 0.5) is 10.1 Å². The first-order valence-corrected chi connectivity index (χ1v) is 7.67. The highest BCUT2D eigenvalue weighted by Crippen LogP contribution is 2.44. The van der Waals surface area contributed by atoms with Crippen molar-refractivity contribution in [1.29, 1.82) is 0 Å². The van der Waals surface area contributed by atoms with Gasteiger partial charge < -0.3 is 10.4 Å². The fourth-order valence-corrected chi connectivity index (χ4v) is 3.44. The molecule has 21 heavy (non-hydrogen) atoms. The lowest BCUT2D eigenvalue weighted by Gasteiger charge is -2.26. The number of nitrogens with one attached hydrogen (secondary N) is 1. The summed E-state index contributed by atoms with van der Waals surface area (Å²) in [5, 5.41) is 11.6. The van der Waals surface area contributed by atoms with Gasteiger partial charge in [0.1, 0.15) is 5.82 Å². The van der Waals surface area contributed by atoms with Crippen molar-refractivity contribution in [2.24, 2.45) is 5.41 Å². The molecule has 1 aliphatic carbocycles. The second kappa shape index (κ2) is 6.56. The molecule has 114 valence electrons. The van der Waals surface area contributed by atoms with Crippen molar-refractivity contribution < 1.29 is 19.1 Å². The summed E-state index contributed by atoms with van der Waals surface area (Å²) in [5.41, 5.74) is -0.390. The summed E-state index contributed by atoms with van der Waals surface area (Å²) in [6, 6.07) is 4.45.